The van der Waals surface area contributed by atoms with Crippen molar-refractivity contribution in [1.82, 2.24) is 0 Å². The summed E-state index contributed by atoms with van der Waals surface area (Å²) in [5.41, 5.74) is 1.58. The molecule has 4 heteroatoms. The fourth-order valence-corrected chi connectivity index (χ4v) is 5.67. The van der Waals surface area contributed by atoms with Crippen LogP contribution >= 0.6 is 0 Å². The summed E-state index contributed by atoms with van der Waals surface area (Å²) in [6, 6.07) is 25.7. The number of rotatable bonds is 7. The highest BCUT2D eigenvalue weighted by Crippen LogP contribution is 2.49. The standard InChI is InChI=1S/C30H34O4/c31-29-17-24-13-7-8-14-25(24)19-30(29,32)26-15-16-27(33-20-22-9-3-1-4-10-22)28(18-26)34-21-23-11-5-2-6-12-23/h1-6,9-12,15-16,18,24-25,29,31-32H,7-8,13-14,17,19-21H2. The number of fused-ring (bicyclic) bond motifs is 1. The van der Waals surface area contributed by atoms with Crippen LogP contribution in [0.4, 0.5) is 0 Å². The fraction of sp³-hybridized carbons (Fsp3) is 0.400. The van der Waals surface area contributed by atoms with Gasteiger partial charge in [-0.2, -0.15) is 0 Å². The summed E-state index contributed by atoms with van der Waals surface area (Å²) in [5, 5.41) is 22.7. The quantitative estimate of drug-likeness (QED) is 0.456. The highest BCUT2D eigenvalue weighted by atomic mass is 16.5. The zero-order valence-electron chi connectivity index (χ0n) is 19.6. The topological polar surface area (TPSA) is 58.9 Å². The Bertz CT molecular complexity index is 1070. The molecule has 4 atom stereocenters. The monoisotopic (exact) mass is 458 g/mol. The highest BCUT2D eigenvalue weighted by molar-refractivity contribution is 5.45. The van der Waals surface area contributed by atoms with Crippen LogP contribution in [0.3, 0.4) is 0 Å². The second kappa shape index (κ2) is 10.2. The van der Waals surface area contributed by atoms with Crippen LogP contribution in [-0.2, 0) is 18.8 Å². The van der Waals surface area contributed by atoms with Crippen LogP contribution in [0.2, 0.25) is 0 Å². The molecule has 0 spiro atoms. The van der Waals surface area contributed by atoms with Crippen molar-refractivity contribution in [3.05, 3.63) is 95.6 Å². The molecule has 0 heterocycles. The third kappa shape index (κ3) is 4.98. The Kier molecular flexibility index (Phi) is 6.89. The molecule has 0 bridgehead atoms. The van der Waals surface area contributed by atoms with Crippen molar-refractivity contribution in [3.63, 3.8) is 0 Å². The maximum Gasteiger partial charge on any atom is 0.162 e. The lowest BCUT2D eigenvalue weighted by Gasteiger charge is -2.47. The molecule has 0 aliphatic heterocycles. The molecule has 3 aromatic carbocycles. The second-order valence-electron chi connectivity index (χ2n) is 9.89. The van der Waals surface area contributed by atoms with E-state index >= 15 is 0 Å². The Morgan fingerprint density at radius 2 is 1.32 bits per heavy atom. The molecular formula is C30H34O4. The molecule has 2 aliphatic carbocycles. The van der Waals surface area contributed by atoms with Crippen molar-refractivity contribution in [1.29, 1.82) is 0 Å². The SMILES string of the molecule is OC1CC2CCCCC2CC1(O)c1ccc(OCc2ccccc2)c(OCc2ccccc2)c1. The normalized spacial score (nSPS) is 26.5. The Morgan fingerprint density at radius 1 is 0.735 bits per heavy atom. The van der Waals surface area contributed by atoms with Gasteiger partial charge in [-0.3, -0.25) is 0 Å². The molecule has 2 saturated carbocycles. The molecule has 0 aromatic heterocycles. The number of hydrogen-bond donors (Lipinski definition) is 2. The molecule has 2 N–H and O–H groups in total. The van der Waals surface area contributed by atoms with E-state index < -0.39 is 11.7 Å². The number of ether oxygens (including phenoxy) is 2. The van der Waals surface area contributed by atoms with E-state index in [1.807, 2.05) is 78.9 Å². The summed E-state index contributed by atoms with van der Waals surface area (Å²) in [4.78, 5) is 0. The van der Waals surface area contributed by atoms with Crippen molar-refractivity contribution in [2.75, 3.05) is 0 Å². The number of hydrogen-bond acceptors (Lipinski definition) is 4. The van der Waals surface area contributed by atoms with E-state index in [0.717, 1.165) is 24.0 Å². The lowest BCUT2D eigenvalue weighted by Crippen LogP contribution is -2.48. The van der Waals surface area contributed by atoms with E-state index in [4.69, 9.17) is 9.47 Å². The molecule has 2 fully saturated rings. The van der Waals surface area contributed by atoms with Gasteiger partial charge in [0.15, 0.2) is 11.5 Å². The molecule has 2 aliphatic rings. The highest BCUT2D eigenvalue weighted by Gasteiger charge is 2.47. The first-order valence-electron chi connectivity index (χ1n) is 12.5. The molecule has 0 radical (unpaired) electrons. The van der Waals surface area contributed by atoms with Gasteiger partial charge in [0.1, 0.15) is 18.8 Å². The third-order valence-electron chi connectivity index (χ3n) is 7.64. The summed E-state index contributed by atoms with van der Waals surface area (Å²) in [6.45, 7) is 0.830. The molecule has 34 heavy (non-hydrogen) atoms. The van der Waals surface area contributed by atoms with Gasteiger partial charge in [0.25, 0.3) is 0 Å². The van der Waals surface area contributed by atoms with Crippen LogP contribution in [0.5, 0.6) is 11.5 Å². The predicted octanol–water partition coefficient (Wildman–Crippen LogP) is 5.99. The minimum atomic E-state index is -1.26. The molecule has 3 aromatic rings. The van der Waals surface area contributed by atoms with Crippen LogP contribution in [0.1, 0.15) is 55.2 Å². The van der Waals surface area contributed by atoms with Gasteiger partial charge in [0, 0.05) is 0 Å². The number of aliphatic hydroxyl groups excluding tert-OH is 1. The first kappa shape index (κ1) is 22.9. The lowest BCUT2D eigenvalue weighted by atomic mass is 9.63. The van der Waals surface area contributed by atoms with E-state index in [-0.39, 0.29) is 0 Å². The van der Waals surface area contributed by atoms with Gasteiger partial charge in [0.05, 0.1) is 6.10 Å². The van der Waals surface area contributed by atoms with Gasteiger partial charge in [-0.15, -0.1) is 0 Å². The third-order valence-corrected chi connectivity index (χ3v) is 7.64. The molecule has 4 nitrogen and oxygen atoms in total. The van der Waals surface area contributed by atoms with Crippen LogP contribution in [0, 0.1) is 11.8 Å². The summed E-state index contributed by atoms with van der Waals surface area (Å²) in [6.07, 6.45) is 5.23. The van der Waals surface area contributed by atoms with E-state index in [9.17, 15) is 10.2 Å². The second-order valence-corrected chi connectivity index (χ2v) is 9.89. The molecule has 178 valence electrons. The van der Waals surface area contributed by atoms with E-state index in [0.29, 0.717) is 55.0 Å². The Labute approximate surface area is 202 Å². The van der Waals surface area contributed by atoms with Crippen molar-refractivity contribution in [2.45, 2.75) is 63.4 Å². The zero-order chi connectivity index (χ0) is 23.4. The van der Waals surface area contributed by atoms with Gasteiger partial charge < -0.3 is 19.7 Å². The van der Waals surface area contributed by atoms with Crippen molar-refractivity contribution < 1.29 is 19.7 Å². The van der Waals surface area contributed by atoms with Gasteiger partial charge in [-0.05, 0) is 53.5 Å². The van der Waals surface area contributed by atoms with E-state index in [1.165, 1.54) is 12.8 Å². The molecule has 5 rings (SSSR count). The first-order chi connectivity index (χ1) is 16.6. The zero-order valence-corrected chi connectivity index (χ0v) is 19.6. The maximum atomic E-state index is 11.7. The van der Waals surface area contributed by atoms with Crippen molar-refractivity contribution >= 4 is 0 Å². The maximum absolute atomic E-state index is 11.7. The van der Waals surface area contributed by atoms with E-state index in [1.54, 1.807) is 0 Å². The van der Waals surface area contributed by atoms with Crippen LogP contribution < -0.4 is 9.47 Å². The predicted molar refractivity (Wildman–Crippen MR) is 133 cm³/mol. The van der Waals surface area contributed by atoms with Crippen LogP contribution in [0.15, 0.2) is 78.9 Å². The fourth-order valence-electron chi connectivity index (χ4n) is 5.67. The van der Waals surface area contributed by atoms with Crippen molar-refractivity contribution in [3.8, 4) is 11.5 Å². The molecule has 0 saturated heterocycles. The summed E-state index contributed by atoms with van der Waals surface area (Å²) in [5.74, 6) is 2.20. The van der Waals surface area contributed by atoms with E-state index in [2.05, 4.69) is 0 Å². The first-order valence-corrected chi connectivity index (χ1v) is 12.5. The molecular weight excluding hydrogens is 424 g/mol. The van der Waals surface area contributed by atoms with Gasteiger partial charge >= 0.3 is 0 Å². The Hall–Kier alpha value is -2.82. The van der Waals surface area contributed by atoms with Gasteiger partial charge in [0.2, 0.25) is 0 Å². The number of aliphatic hydroxyl groups is 2. The van der Waals surface area contributed by atoms with Gasteiger partial charge in [-0.25, -0.2) is 0 Å². The lowest BCUT2D eigenvalue weighted by molar-refractivity contribution is -0.141. The Balaban J connectivity index is 1.41. The molecule has 0 amide bonds. The smallest absolute Gasteiger partial charge is 0.162 e. The summed E-state index contributed by atoms with van der Waals surface area (Å²) < 4.78 is 12.3. The van der Waals surface area contributed by atoms with Crippen molar-refractivity contribution in [2.24, 2.45) is 11.8 Å². The summed E-state index contributed by atoms with van der Waals surface area (Å²) in [7, 11) is 0. The minimum absolute atomic E-state index is 0.400. The van der Waals surface area contributed by atoms with Crippen LogP contribution in [-0.4, -0.2) is 16.3 Å². The Morgan fingerprint density at radius 3 is 1.97 bits per heavy atom. The molecule has 4 unspecified atom stereocenters. The average molecular weight is 459 g/mol. The largest absolute Gasteiger partial charge is 0.485 e. The average Bonchev–Trinajstić information content (AvgIpc) is 2.88. The van der Waals surface area contributed by atoms with Gasteiger partial charge in [-0.1, -0.05) is 92.4 Å². The minimum Gasteiger partial charge on any atom is -0.485 e. The number of benzene rings is 3. The van der Waals surface area contributed by atoms with Crippen LogP contribution in [0.25, 0.3) is 0 Å². The summed E-state index contributed by atoms with van der Waals surface area (Å²) >= 11 is 0.